The van der Waals surface area contributed by atoms with Gasteiger partial charge in [-0.2, -0.15) is 49.0 Å². The van der Waals surface area contributed by atoms with Crippen molar-refractivity contribution in [3.05, 3.63) is 22.1 Å². The summed E-state index contributed by atoms with van der Waals surface area (Å²) in [5.74, 6) is -21.8. The van der Waals surface area contributed by atoms with Gasteiger partial charge in [-0.1, -0.05) is 0 Å². The summed E-state index contributed by atoms with van der Waals surface area (Å²) in [6, 6.07) is -0.342. The molecule has 0 aliphatic carbocycles. The Labute approximate surface area is 124 Å². The molecule has 0 aliphatic rings. The van der Waals surface area contributed by atoms with Gasteiger partial charge in [0, 0.05) is 6.07 Å². The lowest BCUT2D eigenvalue weighted by molar-refractivity contribution is -0.400. The molecule has 0 aromatic carbocycles. The average Bonchev–Trinajstić information content (AvgIpc) is 2.78. The van der Waals surface area contributed by atoms with Crippen molar-refractivity contribution in [2.24, 2.45) is 0 Å². The van der Waals surface area contributed by atoms with E-state index in [1.807, 2.05) is 5.10 Å². The summed E-state index contributed by atoms with van der Waals surface area (Å²) in [6.07, 6.45) is -6.98. The Hall–Kier alpha value is -2.48. The van der Waals surface area contributed by atoms with Crippen LogP contribution in [-0.4, -0.2) is 37.6 Å². The van der Waals surface area contributed by atoms with Crippen LogP contribution >= 0.6 is 0 Å². The van der Waals surface area contributed by atoms with Crippen LogP contribution in [0.2, 0.25) is 0 Å². The van der Waals surface area contributed by atoms with E-state index in [4.69, 9.17) is 5.73 Å². The van der Waals surface area contributed by atoms with Gasteiger partial charge in [0.15, 0.2) is 0 Å². The number of alkyl halides is 9. The van der Waals surface area contributed by atoms with Gasteiger partial charge in [0.05, 0.1) is 0 Å². The van der Waals surface area contributed by atoms with Crippen molar-refractivity contribution in [3.8, 4) is 0 Å². The van der Waals surface area contributed by atoms with Crippen molar-refractivity contribution in [2.75, 3.05) is 5.73 Å². The number of nitrogens with two attached hydrogens (primary N) is 1. The second kappa shape index (κ2) is 4.76. The van der Waals surface area contributed by atoms with Crippen LogP contribution in [0.5, 0.6) is 0 Å². The van der Waals surface area contributed by atoms with E-state index in [1.165, 1.54) is 0 Å². The molecule has 0 aliphatic heterocycles. The third-order valence-electron chi connectivity index (χ3n) is 2.81. The number of nitrogen functional groups attached to an aromatic ring is 1. The predicted molar refractivity (Wildman–Crippen MR) is 57.9 cm³/mol. The molecule has 2 rings (SSSR count). The Morgan fingerprint density at radius 2 is 1.50 bits per heavy atom. The number of aromatic nitrogens is 4. The zero-order valence-corrected chi connectivity index (χ0v) is 10.8. The van der Waals surface area contributed by atoms with Crippen LogP contribution in [-0.2, 0) is 5.92 Å². The highest BCUT2D eigenvalue weighted by atomic mass is 19.4. The molecule has 0 bridgehead atoms. The maximum absolute atomic E-state index is 13.7. The summed E-state index contributed by atoms with van der Waals surface area (Å²) >= 11 is 0. The number of rotatable bonds is 3. The standard InChI is InChI=1S/C9H4F9N5O/c10-6(11,7(12,13)8(14,15)9(16,17)18)2-1-3(24)23-5(20-2)21-4(19)22-23/h1H,(H3,19,20,21,22). The number of hydrogen-bond donors (Lipinski definition) is 2. The van der Waals surface area contributed by atoms with Gasteiger partial charge in [0.2, 0.25) is 5.95 Å². The third-order valence-corrected chi connectivity index (χ3v) is 2.81. The first-order valence-corrected chi connectivity index (χ1v) is 5.59. The summed E-state index contributed by atoms with van der Waals surface area (Å²) in [5, 5.41) is 1.95. The average molecular weight is 369 g/mol. The monoisotopic (exact) mass is 369 g/mol. The minimum atomic E-state index is -7.10. The van der Waals surface area contributed by atoms with Crippen molar-refractivity contribution >= 4 is 11.7 Å². The Balaban J connectivity index is 2.67. The van der Waals surface area contributed by atoms with E-state index in [2.05, 4.69) is 9.97 Å². The van der Waals surface area contributed by atoms with Gasteiger partial charge in [-0.25, -0.2) is 4.98 Å². The lowest BCUT2D eigenvalue weighted by atomic mass is 10.0. The van der Waals surface area contributed by atoms with Crippen LogP contribution in [0.15, 0.2) is 10.9 Å². The smallest absolute Gasteiger partial charge is 0.368 e. The summed E-state index contributed by atoms with van der Waals surface area (Å²) in [5.41, 5.74) is 1.20. The molecule has 0 atom stereocenters. The zero-order chi connectivity index (χ0) is 18.7. The highest BCUT2D eigenvalue weighted by Gasteiger charge is 2.82. The second-order valence-corrected chi connectivity index (χ2v) is 4.44. The fourth-order valence-corrected chi connectivity index (χ4v) is 1.59. The Kier molecular flexibility index (Phi) is 3.55. The molecule has 0 spiro atoms. The molecule has 0 amide bonds. The lowest BCUT2D eigenvalue weighted by Crippen LogP contribution is -2.59. The van der Waals surface area contributed by atoms with Gasteiger partial charge >= 0.3 is 23.9 Å². The number of anilines is 1. The van der Waals surface area contributed by atoms with Crippen molar-refractivity contribution < 1.29 is 39.5 Å². The number of fused-ring (bicyclic) bond motifs is 1. The number of halogens is 9. The van der Waals surface area contributed by atoms with Crippen molar-refractivity contribution in [1.82, 2.24) is 19.6 Å². The molecule has 0 unspecified atom stereocenters. The maximum Gasteiger partial charge on any atom is 0.460 e. The number of hydrogen-bond acceptors (Lipinski definition) is 4. The molecule has 0 fully saturated rings. The van der Waals surface area contributed by atoms with Crippen LogP contribution in [0.25, 0.3) is 5.78 Å². The van der Waals surface area contributed by atoms with E-state index >= 15 is 0 Å². The molecule has 0 saturated heterocycles. The van der Waals surface area contributed by atoms with Crippen LogP contribution < -0.4 is 11.3 Å². The fourth-order valence-electron chi connectivity index (χ4n) is 1.59. The second-order valence-electron chi connectivity index (χ2n) is 4.44. The van der Waals surface area contributed by atoms with Gasteiger partial charge in [0.25, 0.3) is 11.3 Å². The largest absolute Gasteiger partial charge is 0.460 e. The van der Waals surface area contributed by atoms with Crippen molar-refractivity contribution in [3.63, 3.8) is 0 Å². The highest BCUT2D eigenvalue weighted by molar-refractivity contribution is 5.35. The number of nitrogens with one attached hydrogen (secondary N) is 1. The first-order chi connectivity index (χ1) is 10.6. The molecular weight excluding hydrogens is 365 g/mol. The van der Waals surface area contributed by atoms with Crippen molar-refractivity contribution in [2.45, 2.75) is 23.9 Å². The van der Waals surface area contributed by atoms with E-state index < -0.39 is 46.9 Å². The molecule has 24 heavy (non-hydrogen) atoms. The zero-order valence-electron chi connectivity index (χ0n) is 10.8. The maximum atomic E-state index is 13.7. The quantitative estimate of drug-likeness (QED) is 0.810. The molecular formula is C9H4F9N5O. The first kappa shape index (κ1) is 17.9. The first-order valence-electron chi connectivity index (χ1n) is 5.59. The Morgan fingerprint density at radius 1 is 0.958 bits per heavy atom. The fraction of sp³-hybridized carbons (Fsp3) is 0.444. The van der Waals surface area contributed by atoms with Crippen LogP contribution in [0.4, 0.5) is 45.5 Å². The number of H-pyrrole nitrogens is 1. The summed E-state index contributed by atoms with van der Waals surface area (Å²) in [4.78, 5) is 17.3. The van der Waals surface area contributed by atoms with Gasteiger partial charge in [-0.15, -0.1) is 0 Å². The molecule has 0 radical (unpaired) electrons. The predicted octanol–water partition coefficient (Wildman–Crippen LogP) is 1.92. The van der Waals surface area contributed by atoms with Gasteiger partial charge < -0.3 is 5.73 Å². The minimum Gasteiger partial charge on any atom is -0.368 e. The highest BCUT2D eigenvalue weighted by Crippen LogP contribution is 2.56. The van der Waals surface area contributed by atoms with E-state index in [9.17, 15) is 44.3 Å². The number of nitrogens with zero attached hydrogens (tertiary/aromatic N) is 3. The molecule has 2 aromatic heterocycles. The SMILES string of the molecule is Nc1nc2nc(C(F)(F)C(F)(F)C(F)(F)C(F)(F)F)cc(=O)n2[nH]1. The van der Waals surface area contributed by atoms with E-state index in [-0.39, 0.29) is 10.6 Å². The Morgan fingerprint density at radius 3 is 2.00 bits per heavy atom. The molecule has 2 aromatic rings. The molecule has 6 nitrogen and oxygen atoms in total. The third kappa shape index (κ3) is 2.25. The minimum absolute atomic E-state index is 0.287. The van der Waals surface area contributed by atoms with E-state index in [0.29, 0.717) is 0 Å². The lowest BCUT2D eigenvalue weighted by Gasteiger charge is -2.33. The summed E-state index contributed by atoms with van der Waals surface area (Å²) < 4.78 is 116. The topological polar surface area (TPSA) is 89.1 Å². The molecule has 2 heterocycles. The van der Waals surface area contributed by atoms with Gasteiger partial charge in [0.1, 0.15) is 5.69 Å². The van der Waals surface area contributed by atoms with E-state index in [1.54, 1.807) is 0 Å². The van der Waals surface area contributed by atoms with Gasteiger partial charge in [-0.05, 0) is 0 Å². The Bertz CT molecular complexity index is 836. The van der Waals surface area contributed by atoms with E-state index in [0.717, 1.165) is 0 Å². The molecule has 0 saturated carbocycles. The van der Waals surface area contributed by atoms with Crippen LogP contribution in [0.1, 0.15) is 5.69 Å². The summed E-state index contributed by atoms with van der Waals surface area (Å²) in [6.45, 7) is 0. The summed E-state index contributed by atoms with van der Waals surface area (Å²) in [7, 11) is 0. The molecule has 134 valence electrons. The molecule has 15 heteroatoms. The van der Waals surface area contributed by atoms with Crippen LogP contribution in [0, 0.1) is 0 Å². The van der Waals surface area contributed by atoms with Crippen LogP contribution in [0.3, 0.4) is 0 Å². The van der Waals surface area contributed by atoms with Crippen molar-refractivity contribution in [1.29, 1.82) is 0 Å². The number of aromatic amines is 1. The normalized spacial score (nSPS) is 14.4. The van der Waals surface area contributed by atoms with Gasteiger partial charge in [-0.3, -0.25) is 9.89 Å². The molecule has 3 N–H and O–H groups in total.